The lowest BCUT2D eigenvalue weighted by atomic mass is 9.96. The van der Waals surface area contributed by atoms with Crippen LogP contribution in [0.2, 0.25) is 0 Å². The highest BCUT2D eigenvalue weighted by atomic mass is 35.5. The summed E-state index contributed by atoms with van der Waals surface area (Å²) in [7, 11) is 0. The van der Waals surface area contributed by atoms with E-state index in [1.165, 1.54) is 6.42 Å². The number of aryl methyl sites for hydroxylation is 2. The molecule has 1 amide bonds. The van der Waals surface area contributed by atoms with Crippen LogP contribution in [0.5, 0.6) is 0 Å². The molecule has 1 aliphatic rings. The van der Waals surface area contributed by atoms with Crippen molar-refractivity contribution in [1.29, 1.82) is 0 Å². The Morgan fingerprint density at radius 3 is 2.63 bits per heavy atom. The number of carbonyl (C=O) groups is 1. The van der Waals surface area contributed by atoms with Crippen LogP contribution in [0.15, 0.2) is 18.2 Å². The van der Waals surface area contributed by atoms with Gasteiger partial charge >= 0.3 is 0 Å². The van der Waals surface area contributed by atoms with Crippen LogP contribution in [0.4, 0.5) is 0 Å². The van der Waals surface area contributed by atoms with E-state index in [2.05, 4.69) is 0 Å². The molecule has 19 heavy (non-hydrogen) atoms. The van der Waals surface area contributed by atoms with E-state index in [0.717, 1.165) is 42.5 Å². The molecule has 3 heteroatoms. The second-order valence-corrected chi connectivity index (χ2v) is 5.77. The maximum Gasteiger partial charge on any atom is 0.254 e. The highest BCUT2D eigenvalue weighted by Crippen LogP contribution is 2.24. The third-order valence-electron chi connectivity index (χ3n) is 4.03. The van der Waals surface area contributed by atoms with E-state index in [-0.39, 0.29) is 5.91 Å². The zero-order valence-corrected chi connectivity index (χ0v) is 12.5. The third kappa shape index (κ3) is 3.11. The Kier molecular flexibility index (Phi) is 4.87. The maximum absolute atomic E-state index is 12.8. The van der Waals surface area contributed by atoms with Crippen LogP contribution < -0.4 is 0 Å². The number of likely N-dealkylation sites (tertiary alicyclic amines) is 1. The quantitative estimate of drug-likeness (QED) is 0.768. The minimum Gasteiger partial charge on any atom is -0.336 e. The molecule has 0 N–H and O–H groups in total. The Hall–Kier alpha value is -1.02. The van der Waals surface area contributed by atoms with Gasteiger partial charge in [0.1, 0.15) is 0 Å². The summed E-state index contributed by atoms with van der Waals surface area (Å²) in [6.07, 6.45) is 4.30. The number of benzene rings is 1. The lowest BCUT2D eigenvalue weighted by Crippen LogP contribution is -2.44. The average molecular weight is 280 g/mol. The van der Waals surface area contributed by atoms with Gasteiger partial charge in [-0.25, -0.2) is 0 Å². The Morgan fingerprint density at radius 1 is 1.32 bits per heavy atom. The Bertz CT molecular complexity index is 436. The summed E-state index contributed by atoms with van der Waals surface area (Å²) in [6.45, 7) is 4.90. The third-order valence-corrected chi connectivity index (χ3v) is 4.24. The molecule has 1 heterocycles. The van der Waals surface area contributed by atoms with Crippen LogP contribution in [0.3, 0.4) is 0 Å². The van der Waals surface area contributed by atoms with Gasteiger partial charge < -0.3 is 4.90 Å². The zero-order valence-electron chi connectivity index (χ0n) is 11.8. The summed E-state index contributed by atoms with van der Waals surface area (Å²) in [5.74, 6) is 0.812. The summed E-state index contributed by atoms with van der Waals surface area (Å²) < 4.78 is 0. The van der Waals surface area contributed by atoms with Crippen LogP contribution in [0, 0.1) is 13.8 Å². The topological polar surface area (TPSA) is 20.3 Å². The van der Waals surface area contributed by atoms with Gasteiger partial charge in [-0.05, 0) is 50.7 Å². The molecule has 0 radical (unpaired) electrons. The highest BCUT2D eigenvalue weighted by molar-refractivity contribution is 6.17. The molecule has 0 bridgehead atoms. The zero-order chi connectivity index (χ0) is 13.8. The van der Waals surface area contributed by atoms with E-state index in [0.29, 0.717) is 11.9 Å². The van der Waals surface area contributed by atoms with Gasteiger partial charge in [0.25, 0.3) is 5.91 Å². The molecule has 0 aliphatic carbocycles. The van der Waals surface area contributed by atoms with Crippen molar-refractivity contribution in [3.8, 4) is 0 Å². The van der Waals surface area contributed by atoms with Crippen molar-refractivity contribution >= 4 is 17.5 Å². The van der Waals surface area contributed by atoms with Crippen molar-refractivity contribution in [3.05, 3.63) is 34.9 Å². The van der Waals surface area contributed by atoms with Crippen LogP contribution in [0.1, 0.15) is 47.2 Å². The molecular formula is C16H22ClNO. The Balaban J connectivity index is 2.26. The first-order chi connectivity index (χ1) is 9.15. The van der Waals surface area contributed by atoms with Crippen molar-refractivity contribution in [2.24, 2.45) is 0 Å². The Morgan fingerprint density at radius 2 is 2.00 bits per heavy atom. The molecule has 2 nitrogen and oxygen atoms in total. The number of nitrogens with zero attached hydrogens (tertiary/aromatic N) is 1. The van der Waals surface area contributed by atoms with E-state index >= 15 is 0 Å². The fourth-order valence-electron chi connectivity index (χ4n) is 2.99. The number of hydrogen-bond acceptors (Lipinski definition) is 1. The predicted molar refractivity (Wildman–Crippen MR) is 79.9 cm³/mol. The molecule has 1 aromatic carbocycles. The first kappa shape index (κ1) is 14.4. The van der Waals surface area contributed by atoms with Crippen LogP contribution in [-0.2, 0) is 0 Å². The lowest BCUT2D eigenvalue weighted by molar-refractivity contribution is 0.0608. The maximum atomic E-state index is 12.8. The SMILES string of the molecule is Cc1cccc(C)c1C(=O)N1CCCCC1CCCl. The fourth-order valence-corrected chi connectivity index (χ4v) is 3.24. The monoisotopic (exact) mass is 279 g/mol. The molecular weight excluding hydrogens is 258 g/mol. The molecule has 0 aromatic heterocycles. The van der Waals surface area contributed by atoms with Gasteiger partial charge in [-0.1, -0.05) is 18.2 Å². The van der Waals surface area contributed by atoms with Gasteiger partial charge in [0, 0.05) is 24.0 Å². The molecule has 1 saturated heterocycles. The summed E-state index contributed by atoms with van der Waals surface area (Å²) in [6, 6.07) is 6.35. The van der Waals surface area contributed by atoms with Gasteiger partial charge in [-0.15, -0.1) is 11.6 Å². The first-order valence-corrected chi connectivity index (χ1v) is 7.61. The summed E-state index contributed by atoms with van der Waals surface area (Å²) in [5, 5.41) is 0. The normalized spacial score (nSPS) is 19.5. The largest absolute Gasteiger partial charge is 0.336 e. The van der Waals surface area contributed by atoms with E-state index in [9.17, 15) is 4.79 Å². The van der Waals surface area contributed by atoms with Gasteiger partial charge in [0.15, 0.2) is 0 Å². The average Bonchev–Trinajstić information content (AvgIpc) is 2.39. The highest BCUT2D eigenvalue weighted by Gasteiger charge is 2.28. The number of rotatable bonds is 3. The van der Waals surface area contributed by atoms with E-state index < -0.39 is 0 Å². The van der Waals surface area contributed by atoms with Crippen molar-refractivity contribution < 1.29 is 4.79 Å². The van der Waals surface area contributed by atoms with Crippen LogP contribution >= 0.6 is 11.6 Å². The smallest absolute Gasteiger partial charge is 0.254 e. The van der Waals surface area contributed by atoms with E-state index in [4.69, 9.17) is 11.6 Å². The van der Waals surface area contributed by atoms with Crippen molar-refractivity contribution in [3.63, 3.8) is 0 Å². The minimum atomic E-state index is 0.186. The summed E-state index contributed by atoms with van der Waals surface area (Å²) in [4.78, 5) is 14.9. The second kappa shape index (κ2) is 6.42. The first-order valence-electron chi connectivity index (χ1n) is 7.08. The number of hydrogen-bond donors (Lipinski definition) is 0. The standard InChI is InChI=1S/C16H22ClNO/c1-12-6-5-7-13(2)15(12)16(19)18-11-4-3-8-14(18)9-10-17/h5-7,14H,3-4,8-11H2,1-2H3. The number of alkyl halides is 1. The molecule has 104 valence electrons. The van der Waals surface area contributed by atoms with Crippen molar-refractivity contribution in [1.82, 2.24) is 4.90 Å². The second-order valence-electron chi connectivity index (χ2n) is 5.39. The van der Waals surface area contributed by atoms with Gasteiger partial charge in [0.2, 0.25) is 0 Å². The van der Waals surface area contributed by atoms with Crippen molar-refractivity contribution in [2.75, 3.05) is 12.4 Å². The number of piperidine rings is 1. The van der Waals surface area contributed by atoms with Crippen molar-refractivity contribution in [2.45, 2.75) is 45.6 Å². The molecule has 0 spiro atoms. The summed E-state index contributed by atoms with van der Waals surface area (Å²) >= 11 is 5.88. The van der Waals surface area contributed by atoms with E-state index in [1.54, 1.807) is 0 Å². The molecule has 0 saturated carbocycles. The Labute approximate surface area is 120 Å². The molecule has 1 unspecified atom stereocenters. The minimum absolute atomic E-state index is 0.186. The molecule has 1 fully saturated rings. The van der Waals surface area contributed by atoms with E-state index in [1.807, 2.05) is 36.9 Å². The predicted octanol–water partition coefficient (Wildman–Crippen LogP) is 3.93. The van der Waals surface area contributed by atoms with Gasteiger partial charge in [-0.2, -0.15) is 0 Å². The number of amides is 1. The van der Waals surface area contributed by atoms with Crippen LogP contribution in [-0.4, -0.2) is 29.3 Å². The number of halogens is 1. The van der Waals surface area contributed by atoms with Crippen LogP contribution in [0.25, 0.3) is 0 Å². The lowest BCUT2D eigenvalue weighted by Gasteiger charge is -2.36. The fraction of sp³-hybridized carbons (Fsp3) is 0.562. The molecule has 2 rings (SSSR count). The van der Waals surface area contributed by atoms with Gasteiger partial charge in [0.05, 0.1) is 0 Å². The van der Waals surface area contributed by atoms with Gasteiger partial charge in [-0.3, -0.25) is 4.79 Å². The molecule has 1 atom stereocenters. The number of carbonyl (C=O) groups excluding carboxylic acids is 1. The summed E-state index contributed by atoms with van der Waals surface area (Å²) in [5.41, 5.74) is 3.02. The molecule has 1 aliphatic heterocycles. The molecule has 1 aromatic rings.